The average Bonchev–Trinajstić information content (AvgIpc) is 2.37. The molecule has 1 aromatic carbocycles. The van der Waals surface area contributed by atoms with E-state index in [9.17, 15) is 4.79 Å². The number of nitrogens with one attached hydrogen (secondary N) is 1. The van der Waals surface area contributed by atoms with Crippen molar-refractivity contribution in [2.75, 3.05) is 18.0 Å². The second-order valence-electron chi connectivity index (χ2n) is 4.02. The first-order chi connectivity index (χ1) is 8.29. The summed E-state index contributed by atoms with van der Waals surface area (Å²) in [4.78, 5) is 13.7. The number of nitrogens with zero attached hydrogens (tertiary/aromatic N) is 1. The molecule has 3 heteroatoms. The Labute approximate surface area is 104 Å². The normalized spacial score (nSPS) is 10.0. The van der Waals surface area contributed by atoms with E-state index in [1.165, 1.54) is 6.42 Å². The van der Waals surface area contributed by atoms with Crippen LogP contribution in [0.4, 0.5) is 10.5 Å². The predicted molar refractivity (Wildman–Crippen MR) is 72.4 cm³/mol. The highest BCUT2D eigenvalue weighted by Gasteiger charge is 2.11. The molecule has 17 heavy (non-hydrogen) atoms. The lowest BCUT2D eigenvalue weighted by molar-refractivity contribution is 0.246. The van der Waals surface area contributed by atoms with Crippen molar-refractivity contribution in [3.05, 3.63) is 30.3 Å². The summed E-state index contributed by atoms with van der Waals surface area (Å²) in [6.07, 6.45) is 3.39. The number of amides is 2. The fourth-order valence-corrected chi connectivity index (χ4v) is 1.72. The van der Waals surface area contributed by atoms with E-state index in [-0.39, 0.29) is 6.03 Å². The topological polar surface area (TPSA) is 32.3 Å². The van der Waals surface area contributed by atoms with E-state index >= 15 is 0 Å². The van der Waals surface area contributed by atoms with Gasteiger partial charge in [-0.05, 0) is 25.5 Å². The minimum atomic E-state index is -0.00481. The first-order valence-corrected chi connectivity index (χ1v) is 6.40. The van der Waals surface area contributed by atoms with Gasteiger partial charge in [0.15, 0.2) is 0 Å². The highest BCUT2D eigenvalue weighted by molar-refractivity contribution is 5.91. The van der Waals surface area contributed by atoms with Crippen LogP contribution in [0.5, 0.6) is 0 Å². The molecule has 94 valence electrons. The van der Waals surface area contributed by atoms with E-state index in [1.807, 2.05) is 37.3 Å². The molecule has 1 rings (SSSR count). The molecule has 3 nitrogen and oxygen atoms in total. The number of unbranched alkanes of at least 4 members (excludes halogenated alkanes) is 2. The van der Waals surface area contributed by atoms with Crippen LogP contribution in [0.3, 0.4) is 0 Å². The fraction of sp³-hybridized carbons (Fsp3) is 0.500. The summed E-state index contributed by atoms with van der Waals surface area (Å²) >= 11 is 0. The zero-order chi connectivity index (χ0) is 12.5. The van der Waals surface area contributed by atoms with Gasteiger partial charge in [0, 0.05) is 18.8 Å². The molecule has 0 heterocycles. The van der Waals surface area contributed by atoms with Crippen molar-refractivity contribution in [3.8, 4) is 0 Å². The zero-order valence-corrected chi connectivity index (χ0v) is 10.8. The second-order valence-corrected chi connectivity index (χ2v) is 4.02. The third kappa shape index (κ3) is 4.47. The smallest absolute Gasteiger partial charge is 0.321 e. The first-order valence-electron chi connectivity index (χ1n) is 6.40. The molecular weight excluding hydrogens is 212 g/mol. The number of carbonyl (C=O) groups is 1. The summed E-state index contributed by atoms with van der Waals surface area (Å²) in [6, 6.07) is 9.75. The van der Waals surface area contributed by atoms with Gasteiger partial charge in [-0.25, -0.2) is 4.79 Å². The Morgan fingerprint density at radius 2 is 1.88 bits per heavy atom. The fourth-order valence-electron chi connectivity index (χ4n) is 1.72. The summed E-state index contributed by atoms with van der Waals surface area (Å²) in [7, 11) is 0. The molecule has 0 aliphatic rings. The molecule has 0 saturated heterocycles. The van der Waals surface area contributed by atoms with Crippen molar-refractivity contribution >= 4 is 11.7 Å². The second kappa shape index (κ2) is 7.71. The quantitative estimate of drug-likeness (QED) is 0.752. The van der Waals surface area contributed by atoms with Crippen molar-refractivity contribution in [1.82, 2.24) is 5.32 Å². The first kappa shape index (κ1) is 13.6. The van der Waals surface area contributed by atoms with Crippen LogP contribution >= 0.6 is 0 Å². The third-order valence-corrected chi connectivity index (χ3v) is 2.69. The molecule has 0 bridgehead atoms. The summed E-state index contributed by atoms with van der Waals surface area (Å²) in [6.45, 7) is 5.59. The van der Waals surface area contributed by atoms with Gasteiger partial charge in [0.2, 0.25) is 0 Å². The van der Waals surface area contributed by atoms with Gasteiger partial charge in [-0.15, -0.1) is 0 Å². The summed E-state index contributed by atoms with van der Waals surface area (Å²) in [5.41, 5.74) is 0.947. The van der Waals surface area contributed by atoms with E-state index in [4.69, 9.17) is 0 Å². The number of rotatable bonds is 6. The summed E-state index contributed by atoms with van der Waals surface area (Å²) in [5.74, 6) is 0. The number of para-hydroxylation sites is 1. The van der Waals surface area contributed by atoms with Gasteiger partial charge < -0.3 is 5.32 Å². The van der Waals surface area contributed by atoms with E-state index in [0.717, 1.165) is 25.1 Å². The van der Waals surface area contributed by atoms with Crippen molar-refractivity contribution in [1.29, 1.82) is 0 Å². The Bertz CT molecular complexity index is 324. The molecule has 0 spiro atoms. The van der Waals surface area contributed by atoms with Crippen LogP contribution in [-0.2, 0) is 0 Å². The third-order valence-electron chi connectivity index (χ3n) is 2.69. The van der Waals surface area contributed by atoms with Crippen molar-refractivity contribution in [3.63, 3.8) is 0 Å². The van der Waals surface area contributed by atoms with E-state index in [0.29, 0.717) is 6.54 Å². The van der Waals surface area contributed by atoms with Crippen LogP contribution in [0.1, 0.15) is 33.1 Å². The lowest BCUT2D eigenvalue weighted by atomic mass is 10.2. The molecule has 0 aliphatic carbocycles. The number of carbonyl (C=O) groups excluding carboxylic acids is 1. The van der Waals surface area contributed by atoms with Gasteiger partial charge in [0.1, 0.15) is 0 Å². The molecule has 2 amide bonds. The largest absolute Gasteiger partial charge is 0.338 e. The maximum atomic E-state index is 12.0. The van der Waals surface area contributed by atoms with Crippen molar-refractivity contribution in [2.24, 2.45) is 0 Å². The van der Waals surface area contributed by atoms with E-state index in [1.54, 1.807) is 4.90 Å². The standard InChI is InChI=1S/C14H22N2O/c1-3-5-9-12-15-14(17)16(4-2)13-10-7-6-8-11-13/h6-8,10-11H,3-5,9,12H2,1-2H3,(H,15,17). The lowest BCUT2D eigenvalue weighted by Gasteiger charge is -2.21. The van der Waals surface area contributed by atoms with Crippen LogP contribution in [0.25, 0.3) is 0 Å². The number of hydrogen-bond acceptors (Lipinski definition) is 1. The predicted octanol–water partition coefficient (Wildman–Crippen LogP) is 3.41. The molecule has 0 radical (unpaired) electrons. The number of urea groups is 1. The minimum Gasteiger partial charge on any atom is -0.338 e. The molecule has 0 unspecified atom stereocenters. The summed E-state index contributed by atoms with van der Waals surface area (Å²) in [5, 5.41) is 2.95. The maximum absolute atomic E-state index is 12.0. The van der Waals surface area contributed by atoms with Gasteiger partial charge in [-0.1, -0.05) is 38.0 Å². The monoisotopic (exact) mass is 234 g/mol. The van der Waals surface area contributed by atoms with Crippen molar-refractivity contribution in [2.45, 2.75) is 33.1 Å². The number of benzene rings is 1. The van der Waals surface area contributed by atoms with Crippen LogP contribution in [-0.4, -0.2) is 19.1 Å². The van der Waals surface area contributed by atoms with Gasteiger partial charge in [0.05, 0.1) is 0 Å². The maximum Gasteiger partial charge on any atom is 0.321 e. The molecule has 0 aliphatic heterocycles. The molecule has 0 fully saturated rings. The Kier molecular flexibility index (Phi) is 6.15. The Morgan fingerprint density at radius 1 is 1.18 bits per heavy atom. The van der Waals surface area contributed by atoms with Gasteiger partial charge >= 0.3 is 6.03 Å². The van der Waals surface area contributed by atoms with Crippen LogP contribution < -0.4 is 10.2 Å². The molecule has 1 N–H and O–H groups in total. The van der Waals surface area contributed by atoms with Crippen LogP contribution in [0, 0.1) is 0 Å². The van der Waals surface area contributed by atoms with Crippen molar-refractivity contribution < 1.29 is 4.79 Å². The van der Waals surface area contributed by atoms with E-state index in [2.05, 4.69) is 12.2 Å². The Hall–Kier alpha value is -1.51. The van der Waals surface area contributed by atoms with Gasteiger partial charge in [-0.2, -0.15) is 0 Å². The zero-order valence-electron chi connectivity index (χ0n) is 10.8. The molecule has 0 atom stereocenters. The highest BCUT2D eigenvalue weighted by atomic mass is 16.2. The Morgan fingerprint density at radius 3 is 2.47 bits per heavy atom. The van der Waals surface area contributed by atoms with Gasteiger partial charge in [-0.3, -0.25) is 4.90 Å². The SMILES string of the molecule is CCCCCNC(=O)N(CC)c1ccccc1. The number of hydrogen-bond donors (Lipinski definition) is 1. The molecule has 0 saturated carbocycles. The Balaban J connectivity index is 2.48. The van der Waals surface area contributed by atoms with Crippen LogP contribution in [0.15, 0.2) is 30.3 Å². The average molecular weight is 234 g/mol. The molecular formula is C14H22N2O. The van der Waals surface area contributed by atoms with Gasteiger partial charge in [0.25, 0.3) is 0 Å². The number of anilines is 1. The van der Waals surface area contributed by atoms with Crippen LogP contribution in [0.2, 0.25) is 0 Å². The molecule has 0 aromatic heterocycles. The van der Waals surface area contributed by atoms with E-state index < -0.39 is 0 Å². The minimum absolute atomic E-state index is 0.00481. The highest BCUT2D eigenvalue weighted by Crippen LogP contribution is 2.12. The molecule has 1 aromatic rings. The summed E-state index contributed by atoms with van der Waals surface area (Å²) < 4.78 is 0. The lowest BCUT2D eigenvalue weighted by Crippen LogP contribution is -2.40.